The Balaban J connectivity index is 1.07. The highest BCUT2D eigenvalue weighted by Crippen LogP contribution is 2.60. The number of imidazole rings is 1. The molecule has 12 atom stereocenters. The summed E-state index contributed by atoms with van der Waals surface area (Å²) in [6.07, 6.45) is -11.7. The fourth-order valence-corrected chi connectivity index (χ4v) is 10.1. The van der Waals surface area contributed by atoms with Crippen molar-refractivity contribution in [3.8, 4) is 0 Å². The fourth-order valence-electron chi connectivity index (χ4n) is 6.67. The first-order chi connectivity index (χ1) is 26.1. The Kier molecular flexibility index (Phi) is 11.7. The van der Waals surface area contributed by atoms with E-state index in [4.69, 9.17) is 33.5 Å². The molecule has 20 nitrogen and oxygen atoms in total. The van der Waals surface area contributed by atoms with Gasteiger partial charge in [-0.1, -0.05) is 24.5 Å². The van der Waals surface area contributed by atoms with Gasteiger partial charge in [-0.05, 0) is 19.6 Å². The van der Waals surface area contributed by atoms with Gasteiger partial charge < -0.3 is 34.7 Å². The largest absolute Gasteiger partial charge is 0.448 e. The van der Waals surface area contributed by atoms with Gasteiger partial charge in [0, 0.05) is 25.8 Å². The first-order valence-electron chi connectivity index (χ1n) is 16.7. The van der Waals surface area contributed by atoms with Crippen molar-refractivity contribution >= 4 is 85.0 Å². The number of nitrogens with zero attached hydrogens (tertiary/aromatic N) is 8. The first-order valence-corrected chi connectivity index (χ1v) is 22.3. The van der Waals surface area contributed by atoms with E-state index >= 15 is 8.78 Å². The molecule has 0 radical (unpaired) electrons. The molecule has 0 unspecified atom stereocenters. The number of nitrogens with one attached hydrogen (secondary N) is 2. The summed E-state index contributed by atoms with van der Waals surface area (Å²) >= 11 is 8.30. The number of halogens is 3. The zero-order valence-electron chi connectivity index (χ0n) is 28.7. The van der Waals surface area contributed by atoms with Crippen LogP contribution in [0.1, 0.15) is 19.1 Å². The van der Waals surface area contributed by atoms with E-state index in [1.54, 1.807) is 0 Å². The maximum Gasteiger partial charge on any atom is 0.412 e. The minimum Gasteiger partial charge on any atom is -0.448 e. The summed E-state index contributed by atoms with van der Waals surface area (Å²) in [4.78, 5) is 38.0. The highest BCUT2D eigenvalue weighted by molar-refractivity contribution is 8.46. The van der Waals surface area contributed by atoms with Crippen LogP contribution in [-0.4, -0.2) is 130 Å². The second-order valence-corrected chi connectivity index (χ2v) is 19.6. The lowest BCUT2D eigenvalue weighted by Crippen LogP contribution is -2.41. The van der Waals surface area contributed by atoms with E-state index in [0.717, 1.165) is 12.7 Å². The maximum absolute atomic E-state index is 16.4. The molecule has 0 aliphatic carbocycles. The molecule has 3 aromatic rings. The molecule has 0 saturated carbocycles. The van der Waals surface area contributed by atoms with Gasteiger partial charge in [-0.15, -0.1) is 0 Å². The number of alkyl halides is 3. The van der Waals surface area contributed by atoms with E-state index in [0.29, 0.717) is 0 Å². The molecular weight excluding hydrogens is 817 g/mol. The van der Waals surface area contributed by atoms with E-state index in [1.807, 2.05) is 0 Å². The number of hydrogen-bond acceptors (Lipinski definition) is 18. The molecule has 7 rings (SSSR count). The molecule has 4 fully saturated rings. The van der Waals surface area contributed by atoms with Crippen LogP contribution in [0, 0.1) is 0 Å². The third-order valence-electron chi connectivity index (χ3n) is 9.32. The minimum absolute atomic E-state index is 0.0464. The average molecular weight is 854 g/mol. The smallest absolute Gasteiger partial charge is 0.412 e. The first kappa shape index (κ1) is 40.1. The predicted molar refractivity (Wildman–Crippen MR) is 196 cm³/mol. The van der Waals surface area contributed by atoms with Crippen molar-refractivity contribution in [2.45, 2.75) is 74.3 Å². The number of rotatable bonds is 7. The Morgan fingerprint density at radius 1 is 1.13 bits per heavy atom. The van der Waals surface area contributed by atoms with Gasteiger partial charge in [-0.25, -0.2) is 47.5 Å². The standard InChI is InChI=1S/C28H36F3N11O9P2S2/c1-33-19-23(40-28(43)46-7-13-5-12(29)6-34-13)36-10-37-24(19)41(2)26-16(30)20-14(48-26)3-4-52(44,54)50-21-15(8-47-53(45,55)51-20)49-27(17(21)31)42-11-39-18-22(32)35-9-38-25(18)42/h9-17,20-21,26-27,34H,1,3-8H2,2H3,(H,44,54)(H,45,55)(H2,32,35,38)(H,36,37,40,43)/t12-,13-,14+,15+,16+,17+,20+,21+,26+,27+,52+,53+/m0/s1. The number of amides is 1. The molecule has 0 bridgehead atoms. The lowest BCUT2D eigenvalue weighted by Gasteiger charge is -2.28. The van der Waals surface area contributed by atoms with Crippen LogP contribution in [0.5, 0.6) is 0 Å². The number of anilines is 3. The monoisotopic (exact) mass is 853 g/mol. The Morgan fingerprint density at radius 2 is 1.89 bits per heavy atom. The molecule has 4 aliphatic rings. The molecule has 4 saturated heterocycles. The zero-order chi connectivity index (χ0) is 39.2. The van der Waals surface area contributed by atoms with Gasteiger partial charge in [0.15, 0.2) is 47.9 Å². The van der Waals surface area contributed by atoms with Gasteiger partial charge in [-0.2, -0.15) is 0 Å². The van der Waals surface area contributed by atoms with E-state index in [2.05, 4.69) is 71.8 Å². The van der Waals surface area contributed by atoms with Crippen molar-refractivity contribution < 1.29 is 54.9 Å². The lowest BCUT2D eigenvalue weighted by molar-refractivity contribution is -0.0428. The number of thiol groups is 2. The summed E-state index contributed by atoms with van der Waals surface area (Å²) in [6, 6.07) is -0.361. The van der Waals surface area contributed by atoms with Crippen molar-refractivity contribution in [3.63, 3.8) is 0 Å². The molecule has 27 heteroatoms. The average Bonchev–Trinajstić information content (AvgIpc) is 3.91. The molecule has 1 amide bonds. The molecule has 4 N–H and O–H groups in total. The summed E-state index contributed by atoms with van der Waals surface area (Å²) in [6.45, 7) is -5.53. The Labute approximate surface area is 321 Å². The van der Waals surface area contributed by atoms with Crippen LogP contribution >= 0.6 is 37.9 Å². The highest BCUT2D eigenvalue weighted by Gasteiger charge is 2.54. The van der Waals surface area contributed by atoms with Gasteiger partial charge in [0.25, 0.3) is 6.57 Å². The van der Waals surface area contributed by atoms with Crippen LogP contribution in [-0.2, 0) is 36.9 Å². The van der Waals surface area contributed by atoms with Crippen molar-refractivity contribution in [3.05, 3.63) is 19.0 Å². The molecule has 3 aromatic heterocycles. The number of aromatic nitrogens is 6. The number of carbonyl (C=O) groups excluding carboxylic acids is 1. The van der Waals surface area contributed by atoms with Crippen molar-refractivity contribution in [1.29, 1.82) is 0 Å². The fraction of sp³-hybridized carbons (Fsp3) is 0.607. The molecular formula is C28H36F3N11O9P2S2. The van der Waals surface area contributed by atoms with Gasteiger partial charge in [0.2, 0.25) is 0 Å². The molecule has 55 heavy (non-hydrogen) atoms. The van der Waals surface area contributed by atoms with Crippen LogP contribution in [0.25, 0.3) is 11.2 Å². The molecule has 0 aromatic carbocycles. The summed E-state index contributed by atoms with van der Waals surface area (Å²) in [7, 11) is 1.40. The van der Waals surface area contributed by atoms with Crippen LogP contribution < -0.4 is 21.3 Å². The third kappa shape index (κ3) is 8.46. The van der Waals surface area contributed by atoms with Gasteiger partial charge >= 0.3 is 12.9 Å². The van der Waals surface area contributed by atoms with E-state index in [9.17, 15) is 18.3 Å². The summed E-state index contributed by atoms with van der Waals surface area (Å²) < 4.78 is 109. The highest BCUT2D eigenvalue weighted by atomic mass is 32.7. The minimum atomic E-state index is -4.45. The molecule has 7 heterocycles. The summed E-state index contributed by atoms with van der Waals surface area (Å²) in [5.41, 5.74) is 6.11. The second kappa shape index (κ2) is 16.0. The summed E-state index contributed by atoms with van der Waals surface area (Å²) in [5, 5.41) is 5.32. The van der Waals surface area contributed by atoms with Crippen LogP contribution in [0.15, 0.2) is 24.0 Å². The predicted octanol–water partition coefficient (Wildman–Crippen LogP) is 3.57. The van der Waals surface area contributed by atoms with Crippen LogP contribution in [0.2, 0.25) is 0 Å². The number of aliphatic imine (C=N–C) groups is 1. The Morgan fingerprint density at radius 3 is 2.64 bits per heavy atom. The van der Waals surface area contributed by atoms with Gasteiger partial charge in [0.1, 0.15) is 54.9 Å². The number of carbonyl (C=O) groups is 1. The number of nitrogen functional groups attached to an aromatic ring is 1. The lowest BCUT2D eigenvalue weighted by atomic mass is 10.1. The van der Waals surface area contributed by atoms with E-state index < -0.39 is 81.5 Å². The SMILES string of the molecule is C=Nc1c(NC(=O)OC[C@@H]2C[C@H](F)CN2)ncnc1N(C)[C@@H]1O[C@@H]2CC[P@](=O)(S)O[C@H]3[C@@H](F)[C@H](n4cnc5c(N)ncnc54)O[C@@H]3CO[P@@](=O)(S)O[C@H]2[C@H]1F. The third-order valence-corrected chi connectivity index (χ3v) is 13.2. The van der Waals surface area contributed by atoms with Gasteiger partial charge in [0.05, 0.1) is 19.0 Å². The number of hydrogen-bond donors (Lipinski definition) is 5. The summed E-state index contributed by atoms with van der Waals surface area (Å²) in [5.74, 6) is -0.146. The topological polar surface area (TPSA) is 242 Å². The van der Waals surface area contributed by atoms with Gasteiger partial charge in [-0.3, -0.25) is 28.5 Å². The Bertz CT molecular complexity index is 2030. The zero-order valence-corrected chi connectivity index (χ0v) is 32.3. The molecule has 300 valence electrons. The van der Waals surface area contributed by atoms with Crippen molar-refractivity contribution in [2.75, 3.05) is 48.9 Å². The molecule has 4 aliphatic heterocycles. The molecule has 0 spiro atoms. The van der Waals surface area contributed by atoms with Crippen LogP contribution in [0.3, 0.4) is 0 Å². The van der Waals surface area contributed by atoms with E-state index in [1.165, 1.54) is 22.8 Å². The number of ether oxygens (including phenoxy) is 3. The maximum atomic E-state index is 16.4. The van der Waals surface area contributed by atoms with Crippen molar-refractivity contribution in [1.82, 2.24) is 34.8 Å². The second-order valence-electron chi connectivity index (χ2n) is 13.0. The van der Waals surface area contributed by atoms with Crippen molar-refractivity contribution in [2.24, 2.45) is 4.99 Å². The quantitative estimate of drug-likeness (QED) is 0.130. The normalized spacial score (nSPS) is 36.7. The van der Waals surface area contributed by atoms with Crippen LogP contribution in [0.4, 0.5) is 41.1 Å². The van der Waals surface area contributed by atoms with E-state index in [-0.39, 0.29) is 72.5 Å². The number of fused-ring (bicyclic) bond motifs is 3. The Hall–Kier alpha value is -3.12. The number of nitrogens with two attached hydrogens (primary N) is 1.